The van der Waals surface area contributed by atoms with Crippen LogP contribution in [-0.4, -0.2) is 42.6 Å². The van der Waals surface area contributed by atoms with Crippen LogP contribution in [0.4, 0.5) is 0 Å². The Morgan fingerprint density at radius 3 is 2.10 bits per heavy atom. The molecule has 4 nitrogen and oxygen atoms in total. The number of hydrogen-bond acceptors (Lipinski definition) is 1. The fraction of sp³-hybridized carbons (Fsp3) is 0.571. The Labute approximate surface area is 139 Å². The summed E-state index contributed by atoms with van der Waals surface area (Å²) in [6, 6.07) is 7.07. The van der Waals surface area contributed by atoms with E-state index in [1.807, 2.05) is 0 Å². The molecule has 20 heavy (non-hydrogen) atoms. The van der Waals surface area contributed by atoms with Gasteiger partial charge in [0.05, 0.1) is 0 Å². The minimum Gasteiger partial charge on any atom is -0.303 e. The van der Waals surface area contributed by atoms with Gasteiger partial charge in [-0.15, -0.1) is 0 Å². The molecule has 0 spiro atoms. The third-order valence-electron chi connectivity index (χ3n) is 2.93. The Kier molecular flexibility index (Phi) is 8.84. The standard InChI is InChI=1S/C14H21.Na.H3O4P/c1-5-6-8-12-9-7-10-13(11-12)14(2,3)4;;1-5(2,3)4/h7,9,11H,5-6,8H2,1-4H3;;(H3,1,2,3,4). The van der Waals surface area contributed by atoms with Gasteiger partial charge in [0.1, 0.15) is 0 Å². The number of unbranched alkanes of at least 4 members (excludes halogenated alkanes) is 1. The number of benzene rings is 1. The van der Waals surface area contributed by atoms with Gasteiger partial charge in [-0.25, -0.2) is 4.57 Å². The quantitative estimate of drug-likeness (QED) is 0.591. The molecular weight excluding hydrogens is 286 g/mol. The average Bonchev–Trinajstić information content (AvgIpc) is 2.24. The summed E-state index contributed by atoms with van der Waals surface area (Å²) in [5.41, 5.74) is 3.38. The van der Waals surface area contributed by atoms with Crippen LogP contribution in [0.2, 0.25) is 0 Å². The first-order valence-corrected chi connectivity index (χ1v) is 9.40. The van der Waals surface area contributed by atoms with E-state index in [1.165, 1.54) is 24.8 Å². The van der Waals surface area contributed by atoms with Gasteiger partial charge in [-0.1, -0.05) is 0 Å². The van der Waals surface area contributed by atoms with Crippen LogP contribution in [0.25, 0.3) is 0 Å². The summed E-state index contributed by atoms with van der Waals surface area (Å²) in [5, 5.41) is 0. The molecule has 3 N–H and O–H groups in total. The van der Waals surface area contributed by atoms with Crippen molar-refractivity contribution in [3.63, 3.8) is 0 Å². The zero-order valence-corrected chi connectivity index (χ0v) is 15.9. The largest absolute Gasteiger partial charge is 0.466 e. The van der Waals surface area contributed by atoms with Crippen molar-refractivity contribution < 1.29 is 19.2 Å². The summed E-state index contributed by atoms with van der Waals surface area (Å²) in [6.07, 6.45) is 3.83. The van der Waals surface area contributed by atoms with Gasteiger partial charge in [-0.05, 0) is 0 Å². The molecule has 6 heteroatoms. The van der Waals surface area contributed by atoms with Crippen molar-refractivity contribution in [2.45, 2.75) is 52.4 Å². The van der Waals surface area contributed by atoms with Crippen molar-refractivity contribution in [1.29, 1.82) is 0 Å². The second kappa shape index (κ2) is 8.70. The van der Waals surface area contributed by atoms with Gasteiger partial charge in [0, 0.05) is 0 Å². The maximum Gasteiger partial charge on any atom is 0.466 e. The maximum absolute atomic E-state index is 8.88. The smallest absolute Gasteiger partial charge is 0.303 e. The van der Waals surface area contributed by atoms with Gasteiger partial charge in [-0.3, -0.25) is 0 Å². The first-order chi connectivity index (χ1) is 8.95. The van der Waals surface area contributed by atoms with Crippen LogP contribution < -0.4 is 2.81 Å². The fourth-order valence-corrected chi connectivity index (χ4v) is 3.07. The first-order valence-electron chi connectivity index (χ1n) is 6.83. The molecule has 0 aliphatic carbocycles. The Hall–Kier alpha value is 0.330. The van der Waals surface area contributed by atoms with E-state index in [-0.39, 0.29) is 0 Å². The van der Waals surface area contributed by atoms with E-state index in [4.69, 9.17) is 19.2 Å². The summed E-state index contributed by atoms with van der Waals surface area (Å²) in [5.74, 6) is 0. The van der Waals surface area contributed by atoms with Crippen LogP contribution in [0.15, 0.2) is 18.2 Å². The summed E-state index contributed by atoms with van der Waals surface area (Å²) in [4.78, 5) is 21.6. The molecule has 0 atom stereocenters. The molecule has 0 saturated carbocycles. The van der Waals surface area contributed by atoms with E-state index in [0.29, 0.717) is 5.41 Å². The molecule has 1 aromatic carbocycles. The Bertz CT molecular complexity index is 454. The molecule has 0 amide bonds. The summed E-state index contributed by atoms with van der Waals surface area (Å²) >= 11 is 1.16. The van der Waals surface area contributed by atoms with Crippen LogP contribution in [0.5, 0.6) is 0 Å². The minimum absolute atomic E-state index is 0.305. The van der Waals surface area contributed by atoms with Crippen LogP contribution in [0.3, 0.4) is 0 Å². The van der Waals surface area contributed by atoms with Crippen molar-refractivity contribution in [3.05, 3.63) is 29.3 Å². The van der Waals surface area contributed by atoms with E-state index >= 15 is 0 Å². The summed E-state index contributed by atoms with van der Waals surface area (Å²) < 4.78 is 10.4. The SMILES string of the molecule is CCCCc1cc[c]([Na])c(C(C)(C)C)c1.O=P(O)(O)O. The van der Waals surface area contributed by atoms with Gasteiger partial charge in [-0.2, -0.15) is 0 Å². The molecule has 0 fully saturated rings. The molecule has 0 aliphatic rings. The van der Waals surface area contributed by atoms with Crippen LogP contribution in [-0.2, 0) is 16.4 Å². The molecule has 1 rings (SSSR count). The fourth-order valence-electron chi connectivity index (χ4n) is 2.01. The number of aryl methyl sites for hydroxylation is 1. The third kappa shape index (κ3) is 10.1. The molecule has 0 unspecified atom stereocenters. The second-order valence-electron chi connectivity index (χ2n) is 6.02. The van der Waals surface area contributed by atoms with Crippen LogP contribution in [0.1, 0.15) is 51.7 Å². The normalized spacial score (nSPS) is 11.8. The summed E-state index contributed by atoms with van der Waals surface area (Å²) in [7, 11) is -4.64. The number of rotatable bonds is 3. The molecule has 0 heterocycles. The molecule has 0 radical (unpaired) electrons. The van der Waals surface area contributed by atoms with Crippen molar-refractivity contribution in [2.24, 2.45) is 0 Å². The topological polar surface area (TPSA) is 77.8 Å². The monoisotopic (exact) mass is 310 g/mol. The Balaban J connectivity index is 0.000000621. The molecule has 0 bridgehead atoms. The van der Waals surface area contributed by atoms with E-state index in [1.54, 1.807) is 8.38 Å². The second-order valence-corrected chi connectivity index (χ2v) is 8.12. The van der Waals surface area contributed by atoms with Gasteiger partial charge in [0.15, 0.2) is 0 Å². The van der Waals surface area contributed by atoms with E-state index in [9.17, 15) is 0 Å². The number of phosphoric acid groups is 1. The molecule has 0 aromatic heterocycles. The number of hydrogen-bond donors (Lipinski definition) is 3. The zero-order valence-electron chi connectivity index (χ0n) is 13.1. The molecular formula is C14H24NaO4P. The van der Waals surface area contributed by atoms with Crippen LogP contribution >= 0.6 is 7.82 Å². The van der Waals surface area contributed by atoms with Crippen molar-refractivity contribution in [1.82, 2.24) is 0 Å². The Morgan fingerprint density at radius 2 is 1.70 bits per heavy atom. The predicted octanol–water partition coefficient (Wildman–Crippen LogP) is 2.19. The average molecular weight is 310 g/mol. The van der Waals surface area contributed by atoms with E-state index in [0.717, 1.165) is 27.9 Å². The van der Waals surface area contributed by atoms with Gasteiger partial charge < -0.3 is 14.7 Å². The first kappa shape index (κ1) is 20.3. The van der Waals surface area contributed by atoms with E-state index in [2.05, 4.69) is 45.9 Å². The van der Waals surface area contributed by atoms with Crippen molar-refractivity contribution >= 4 is 38.6 Å². The Morgan fingerprint density at radius 1 is 1.20 bits per heavy atom. The van der Waals surface area contributed by atoms with Crippen molar-refractivity contribution in [2.75, 3.05) is 0 Å². The zero-order chi connectivity index (χ0) is 16.0. The predicted molar refractivity (Wildman–Crippen MR) is 83.4 cm³/mol. The van der Waals surface area contributed by atoms with Gasteiger partial charge in [0.2, 0.25) is 0 Å². The maximum atomic E-state index is 8.88. The summed E-state index contributed by atoms with van der Waals surface area (Å²) in [6.45, 7) is 9.19. The third-order valence-corrected chi connectivity index (χ3v) is 3.80. The molecule has 0 aliphatic heterocycles. The van der Waals surface area contributed by atoms with E-state index < -0.39 is 7.82 Å². The molecule has 110 valence electrons. The van der Waals surface area contributed by atoms with Gasteiger partial charge in [0.25, 0.3) is 0 Å². The minimum atomic E-state index is -4.64. The van der Waals surface area contributed by atoms with Crippen molar-refractivity contribution in [3.8, 4) is 0 Å². The van der Waals surface area contributed by atoms with Gasteiger partial charge >= 0.3 is 120 Å². The molecule has 1 aromatic rings. The van der Waals surface area contributed by atoms with Crippen LogP contribution in [0, 0.1) is 0 Å². The molecule has 0 saturated heterocycles.